The number of carbonyl (C=O) groups is 2. The Morgan fingerprint density at radius 3 is 1.90 bits per heavy atom. The average molecular weight is 416 g/mol. The third-order valence-electron chi connectivity index (χ3n) is 3.78. The van der Waals surface area contributed by atoms with Gasteiger partial charge in [0.2, 0.25) is 0 Å². The largest absolute Gasteiger partial charge is 0.452 e. The van der Waals surface area contributed by atoms with E-state index in [4.69, 9.17) is 25.8 Å². The Morgan fingerprint density at radius 2 is 1.38 bits per heavy atom. The molecule has 0 aromatic heterocycles. The second-order valence-electron chi connectivity index (χ2n) is 5.89. The van der Waals surface area contributed by atoms with E-state index < -0.39 is 16.9 Å². The molecule has 8 nitrogen and oxygen atoms in total. The summed E-state index contributed by atoms with van der Waals surface area (Å²) in [4.78, 5) is 33.5. The topological polar surface area (TPSA) is 105 Å². The number of carbonyl (C=O) groups excluding carboxylic acids is 2. The number of hydrogen-bond acceptors (Lipinski definition) is 7. The molecule has 0 aliphatic carbocycles. The van der Waals surface area contributed by atoms with Gasteiger partial charge < -0.3 is 14.2 Å². The van der Waals surface area contributed by atoms with Gasteiger partial charge in [-0.3, -0.25) is 19.7 Å². The average Bonchev–Trinajstić information content (AvgIpc) is 2.67. The molecule has 0 heterocycles. The number of esters is 2. The van der Waals surface area contributed by atoms with E-state index in [1.165, 1.54) is 38.1 Å². The van der Waals surface area contributed by atoms with Gasteiger partial charge in [-0.2, -0.15) is 0 Å². The molecule has 0 aliphatic heterocycles. The summed E-state index contributed by atoms with van der Waals surface area (Å²) in [7, 11) is 0. The monoisotopic (exact) mass is 415 g/mol. The summed E-state index contributed by atoms with van der Waals surface area (Å²) in [5, 5.41) is 11.6. The molecule has 3 aromatic carbocycles. The summed E-state index contributed by atoms with van der Waals surface area (Å²) in [6.07, 6.45) is 0. The maximum atomic E-state index is 11.7. The fourth-order valence-electron chi connectivity index (χ4n) is 2.66. The van der Waals surface area contributed by atoms with E-state index in [-0.39, 0.29) is 33.7 Å². The first-order chi connectivity index (χ1) is 13.8. The number of ether oxygens (including phenoxy) is 3. The summed E-state index contributed by atoms with van der Waals surface area (Å²) in [6, 6.07) is 12.0. The van der Waals surface area contributed by atoms with Gasteiger partial charge in [0, 0.05) is 36.8 Å². The number of fused-ring (bicyclic) bond motifs is 1. The summed E-state index contributed by atoms with van der Waals surface area (Å²) < 4.78 is 16.4. The minimum atomic E-state index is -0.611. The van der Waals surface area contributed by atoms with Gasteiger partial charge in [-0.15, -0.1) is 0 Å². The van der Waals surface area contributed by atoms with Crippen LogP contribution < -0.4 is 14.2 Å². The molecule has 0 amide bonds. The standard InChI is InChI=1S/C20H14ClNO7/c1-11(23)27-18-15-5-3-4-6-16(15)19(28-12(2)24)20(17(18)21)29-14-9-7-13(8-10-14)22(25)26/h3-10H,1-2H3. The van der Waals surface area contributed by atoms with Gasteiger partial charge in [-0.1, -0.05) is 35.9 Å². The molecule has 3 aromatic rings. The highest BCUT2D eigenvalue weighted by atomic mass is 35.5. The molecule has 0 aliphatic rings. The molecule has 9 heteroatoms. The molecule has 0 saturated heterocycles. The Kier molecular flexibility index (Phi) is 5.65. The first-order valence-electron chi connectivity index (χ1n) is 8.31. The van der Waals surface area contributed by atoms with Crippen molar-refractivity contribution in [3.8, 4) is 23.0 Å². The van der Waals surface area contributed by atoms with Crippen molar-refractivity contribution in [3.05, 3.63) is 63.7 Å². The predicted octanol–water partition coefficient (Wildman–Crippen LogP) is 5.04. The van der Waals surface area contributed by atoms with Gasteiger partial charge in [0.15, 0.2) is 17.2 Å². The molecule has 0 saturated carbocycles. The van der Waals surface area contributed by atoms with Crippen molar-refractivity contribution in [3.63, 3.8) is 0 Å². The maximum absolute atomic E-state index is 11.7. The number of nitrogens with zero attached hydrogens (tertiary/aromatic N) is 1. The van der Waals surface area contributed by atoms with E-state index in [9.17, 15) is 19.7 Å². The lowest BCUT2D eigenvalue weighted by Crippen LogP contribution is -2.07. The zero-order chi connectivity index (χ0) is 21.1. The molecular weight excluding hydrogens is 402 g/mol. The molecule has 0 bridgehead atoms. The zero-order valence-corrected chi connectivity index (χ0v) is 16.1. The number of rotatable bonds is 5. The minimum Gasteiger partial charge on any atom is -0.452 e. The Balaban J connectivity index is 2.22. The first kappa shape index (κ1) is 20.1. The molecule has 0 unspecified atom stereocenters. The highest BCUT2D eigenvalue weighted by Crippen LogP contribution is 2.50. The SMILES string of the molecule is CC(=O)Oc1c(Cl)c(Oc2ccc([N+](=O)[O-])cc2)c(OC(C)=O)c2ccccc12. The van der Waals surface area contributed by atoms with Crippen molar-refractivity contribution in [2.75, 3.05) is 0 Å². The molecular formula is C20H14ClNO7. The Bertz CT molecular complexity index is 1130. The number of nitro groups is 1. The summed E-state index contributed by atoms with van der Waals surface area (Å²) in [5.41, 5.74) is -0.122. The third kappa shape index (κ3) is 4.27. The maximum Gasteiger partial charge on any atom is 0.308 e. The van der Waals surface area contributed by atoms with Crippen LogP contribution in [0.5, 0.6) is 23.0 Å². The quantitative estimate of drug-likeness (QED) is 0.248. The van der Waals surface area contributed by atoms with Crippen molar-refractivity contribution >= 4 is 40.0 Å². The summed E-state index contributed by atoms with van der Waals surface area (Å²) >= 11 is 6.45. The highest BCUT2D eigenvalue weighted by Gasteiger charge is 2.24. The van der Waals surface area contributed by atoms with Crippen LogP contribution in [0.15, 0.2) is 48.5 Å². The molecule has 0 N–H and O–H groups in total. The number of hydrogen-bond donors (Lipinski definition) is 0. The highest BCUT2D eigenvalue weighted by molar-refractivity contribution is 6.35. The van der Waals surface area contributed by atoms with Crippen LogP contribution in [-0.2, 0) is 9.59 Å². The van der Waals surface area contributed by atoms with Gasteiger partial charge >= 0.3 is 11.9 Å². The first-order valence-corrected chi connectivity index (χ1v) is 8.69. The lowest BCUT2D eigenvalue weighted by Gasteiger charge is -2.18. The molecule has 29 heavy (non-hydrogen) atoms. The molecule has 148 valence electrons. The van der Waals surface area contributed by atoms with Crippen molar-refractivity contribution in [2.45, 2.75) is 13.8 Å². The van der Waals surface area contributed by atoms with Crippen LogP contribution in [-0.4, -0.2) is 16.9 Å². The lowest BCUT2D eigenvalue weighted by molar-refractivity contribution is -0.384. The molecule has 3 rings (SSSR count). The number of non-ortho nitro benzene ring substituents is 1. The normalized spacial score (nSPS) is 10.4. The van der Waals surface area contributed by atoms with Gasteiger partial charge in [0.05, 0.1) is 4.92 Å². The lowest BCUT2D eigenvalue weighted by atomic mass is 10.1. The number of nitro benzene ring substituents is 1. The van der Waals surface area contributed by atoms with Gasteiger partial charge in [0.1, 0.15) is 10.8 Å². The van der Waals surface area contributed by atoms with Crippen molar-refractivity contribution < 1.29 is 28.7 Å². The second kappa shape index (κ2) is 8.15. The summed E-state index contributed by atoms with van der Waals surface area (Å²) in [6.45, 7) is 2.44. The predicted molar refractivity (Wildman–Crippen MR) is 105 cm³/mol. The molecule has 0 atom stereocenters. The van der Waals surface area contributed by atoms with Crippen molar-refractivity contribution in [2.24, 2.45) is 0 Å². The van der Waals surface area contributed by atoms with E-state index >= 15 is 0 Å². The fourth-order valence-corrected chi connectivity index (χ4v) is 2.92. The Hall–Kier alpha value is -3.65. The fraction of sp³-hybridized carbons (Fsp3) is 0.100. The third-order valence-corrected chi connectivity index (χ3v) is 4.12. The molecule has 0 fully saturated rings. The minimum absolute atomic E-state index is 0.0346. The second-order valence-corrected chi connectivity index (χ2v) is 6.27. The van der Waals surface area contributed by atoms with Crippen LogP contribution in [0.25, 0.3) is 10.8 Å². The van der Waals surface area contributed by atoms with Gasteiger partial charge in [0.25, 0.3) is 5.69 Å². The van der Waals surface area contributed by atoms with Crippen LogP contribution in [0.4, 0.5) is 5.69 Å². The smallest absolute Gasteiger partial charge is 0.308 e. The Labute approximate surface area is 169 Å². The van der Waals surface area contributed by atoms with Crippen molar-refractivity contribution in [1.29, 1.82) is 0 Å². The molecule has 0 spiro atoms. The number of benzene rings is 3. The van der Waals surface area contributed by atoms with E-state index in [2.05, 4.69) is 0 Å². The molecule has 0 radical (unpaired) electrons. The van der Waals surface area contributed by atoms with Crippen LogP contribution in [0.3, 0.4) is 0 Å². The van der Waals surface area contributed by atoms with Crippen molar-refractivity contribution in [1.82, 2.24) is 0 Å². The summed E-state index contributed by atoms with van der Waals surface area (Å²) in [5.74, 6) is -0.992. The van der Waals surface area contributed by atoms with E-state index in [1.54, 1.807) is 24.3 Å². The number of halogens is 1. The van der Waals surface area contributed by atoms with Crippen LogP contribution in [0.2, 0.25) is 5.02 Å². The van der Waals surface area contributed by atoms with Crippen LogP contribution >= 0.6 is 11.6 Å². The zero-order valence-electron chi connectivity index (χ0n) is 15.3. The van der Waals surface area contributed by atoms with Gasteiger partial charge in [-0.05, 0) is 12.1 Å². The van der Waals surface area contributed by atoms with Crippen LogP contribution in [0.1, 0.15) is 13.8 Å². The van der Waals surface area contributed by atoms with E-state index in [0.29, 0.717) is 10.8 Å². The van der Waals surface area contributed by atoms with Crippen LogP contribution in [0, 0.1) is 10.1 Å². The van der Waals surface area contributed by atoms with E-state index in [1.807, 2.05) is 0 Å². The Morgan fingerprint density at radius 1 is 0.862 bits per heavy atom. The van der Waals surface area contributed by atoms with E-state index in [0.717, 1.165) is 0 Å². The van der Waals surface area contributed by atoms with Gasteiger partial charge in [-0.25, -0.2) is 0 Å².